The van der Waals surface area contributed by atoms with Crippen molar-refractivity contribution in [2.45, 2.75) is 26.4 Å². The zero-order chi connectivity index (χ0) is 23.9. The Morgan fingerprint density at radius 3 is 2.42 bits per heavy atom. The molecule has 172 valence electrons. The van der Waals surface area contributed by atoms with Crippen LogP contribution in [0.15, 0.2) is 42.6 Å². The van der Waals surface area contributed by atoms with Gasteiger partial charge in [-0.25, -0.2) is 13.9 Å². The minimum Gasteiger partial charge on any atom is -0.444 e. The van der Waals surface area contributed by atoms with Crippen LogP contribution >= 0.6 is 0 Å². The molecule has 0 bridgehead atoms. The lowest BCUT2D eigenvalue weighted by molar-refractivity contribution is -0.124. The number of primary amides is 1. The molecule has 0 atom stereocenters. The Labute approximate surface area is 189 Å². The standard InChI is InChI=1S/C23H24FN5O4/c1-23(2,3)33-22(32)28-10-14(11-28)21(31)26-16-4-6-17(7-5-16)29-12-13-8-15(24)9-18(20(25)30)19(13)27-29/h4-9,12,14H,10-11H2,1-3H3,(H2,25,30)(H,26,31). The minimum absolute atomic E-state index is 0.00792. The van der Waals surface area contributed by atoms with E-state index in [1.54, 1.807) is 51.2 Å². The number of ether oxygens (including phenoxy) is 1. The maximum Gasteiger partial charge on any atom is 0.410 e. The average molecular weight is 453 g/mol. The molecule has 1 aliphatic rings. The van der Waals surface area contributed by atoms with E-state index < -0.39 is 23.4 Å². The van der Waals surface area contributed by atoms with Gasteiger partial charge in [-0.2, -0.15) is 5.10 Å². The third-order valence-electron chi connectivity index (χ3n) is 5.14. The maximum atomic E-state index is 13.8. The molecule has 0 saturated carbocycles. The SMILES string of the molecule is CC(C)(C)OC(=O)N1CC(C(=O)Nc2ccc(-n3cc4cc(F)cc(C(N)=O)c4n3)cc2)C1. The molecule has 0 aliphatic carbocycles. The number of hydrogen-bond acceptors (Lipinski definition) is 5. The summed E-state index contributed by atoms with van der Waals surface area (Å²) in [6.07, 6.45) is 1.17. The number of carbonyl (C=O) groups excluding carboxylic acids is 3. The molecule has 10 heteroatoms. The maximum absolute atomic E-state index is 13.8. The first kappa shape index (κ1) is 22.3. The van der Waals surface area contributed by atoms with Crippen molar-refractivity contribution in [3.63, 3.8) is 0 Å². The average Bonchev–Trinajstić information content (AvgIpc) is 3.08. The largest absolute Gasteiger partial charge is 0.444 e. The molecule has 1 aliphatic heterocycles. The van der Waals surface area contributed by atoms with E-state index >= 15 is 0 Å². The number of nitrogens with one attached hydrogen (secondary N) is 1. The van der Waals surface area contributed by atoms with Crippen molar-refractivity contribution in [3.8, 4) is 5.69 Å². The van der Waals surface area contributed by atoms with Gasteiger partial charge in [0.25, 0.3) is 5.91 Å². The van der Waals surface area contributed by atoms with Crippen LogP contribution in [-0.2, 0) is 9.53 Å². The van der Waals surface area contributed by atoms with Crippen molar-refractivity contribution < 1.29 is 23.5 Å². The van der Waals surface area contributed by atoms with Crippen molar-refractivity contribution in [3.05, 3.63) is 54.0 Å². The molecule has 3 N–H and O–H groups in total. The first-order chi connectivity index (χ1) is 15.5. The van der Waals surface area contributed by atoms with E-state index in [1.807, 2.05) is 0 Å². The molecular formula is C23H24FN5O4. The number of amides is 3. The Morgan fingerprint density at radius 1 is 1.15 bits per heavy atom. The number of halogens is 1. The van der Waals surface area contributed by atoms with Crippen LogP contribution in [-0.4, -0.2) is 51.3 Å². The van der Waals surface area contributed by atoms with Crippen molar-refractivity contribution in [1.29, 1.82) is 0 Å². The quantitative estimate of drug-likeness (QED) is 0.629. The van der Waals surface area contributed by atoms with Gasteiger partial charge in [-0.15, -0.1) is 0 Å². The summed E-state index contributed by atoms with van der Waals surface area (Å²) in [5, 5.41) is 7.62. The number of nitrogens with two attached hydrogens (primary N) is 1. The topological polar surface area (TPSA) is 120 Å². The fourth-order valence-corrected chi connectivity index (χ4v) is 3.48. The summed E-state index contributed by atoms with van der Waals surface area (Å²) in [5.41, 5.74) is 6.30. The molecule has 3 amide bonds. The number of fused-ring (bicyclic) bond motifs is 1. The fraction of sp³-hybridized carbons (Fsp3) is 0.304. The Morgan fingerprint density at radius 2 is 1.82 bits per heavy atom. The number of rotatable bonds is 4. The summed E-state index contributed by atoms with van der Waals surface area (Å²) >= 11 is 0. The van der Waals surface area contributed by atoms with Crippen LogP contribution < -0.4 is 11.1 Å². The number of anilines is 1. The van der Waals surface area contributed by atoms with Gasteiger partial charge in [-0.1, -0.05) is 0 Å². The molecule has 3 aromatic rings. The van der Waals surface area contributed by atoms with Gasteiger partial charge in [0.05, 0.1) is 17.2 Å². The van der Waals surface area contributed by atoms with Crippen LogP contribution in [0.4, 0.5) is 14.9 Å². The normalized spacial score (nSPS) is 14.1. The minimum atomic E-state index is -0.760. The van der Waals surface area contributed by atoms with Crippen LogP contribution in [0.2, 0.25) is 0 Å². The first-order valence-corrected chi connectivity index (χ1v) is 10.4. The van der Waals surface area contributed by atoms with E-state index in [-0.39, 0.29) is 17.4 Å². The molecule has 0 unspecified atom stereocenters. The van der Waals surface area contributed by atoms with Crippen molar-refractivity contribution >= 4 is 34.5 Å². The molecule has 9 nitrogen and oxygen atoms in total. The molecule has 1 aromatic heterocycles. The van der Waals surface area contributed by atoms with Gasteiger partial charge in [0, 0.05) is 30.4 Å². The molecule has 2 aromatic carbocycles. The van der Waals surface area contributed by atoms with Gasteiger partial charge in [0.1, 0.15) is 16.9 Å². The van der Waals surface area contributed by atoms with Crippen molar-refractivity contribution in [1.82, 2.24) is 14.7 Å². The van der Waals surface area contributed by atoms with Crippen LogP contribution in [0, 0.1) is 11.7 Å². The van der Waals surface area contributed by atoms with Crippen LogP contribution in [0.25, 0.3) is 16.6 Å². The summed E-state index contributed by atoms with van der Waals surface area (Å²) in [6.45, 7) is 5.98. The van der Waals surface area contributed by atoms with Gasteiger partial charge < -0.3 is 20.7 Å². The Hall–Kier alpha value is -3.95. The monoisotopic (exact) mass is 453 g/mol. The van der Waals surface area contributed by atoms with Crippen molar-refractivity contribution in [2.24, 2.45) is 11.7 Å². The van der Waals surface area contributed by atoms with E-state index in [0.717, 1.165) is 6.07 Å². The third kappa shape index (κ3) is 4.79. The third-order valence-corrected chi connectivity index (χ3v) is 5.14. The molecule has 0 spiro atoms. The van der Waals surface area contributed by atoms with Gasteiger partial charge in [-0.05, 0) is 57.2 Å². The summed E-state index contributed by atoms with van der Waals surface area (Å²) in [4.78, 5) is 37.6. The predicted molar refractivity (Wildman–Crippen MR) is 119 cm³/mol. The Bertz CT molecular complexity index is 1240. The predicted octanol–water partition coefficient (Wildman–Crippen LogP) is 3.07. The molecular weight excluding hydrogens is 429 g/mol. The van der Waals surface area contributed by atoms with E-state index in [0.29, 0.717) is 35.4 Å². The van der Waals surface area contributed by atoms with Gasteiger partial charge in [0.2, 0.25) is 5.91 Å². The zero-order valence-electron chi connectivity index (χ0n) is 18.5. The smallest absolute Gasteiger partial charge is 0.410 e. The summed E-state index contributed by atoms with van der Waals surface area (Å²) in [5.74, 6) is -1.83. The Balaban J connectivity index is 1.40. The van der Waals surface area contributed by atoms with E-state index in [4.69, 9.17) is 10.5 Å². The molecule has 1 fully saturated rings. The van der Waals surface area contributed by atoms with Crippen LogP contribution in [0.1, 0.15) is 31.1 Å². The van der Waals surface area contributed by atoms with Gasteiger partial charge in [0.15, 0.2) is 0 Å². The zero-order valence-corrected chi connectivity index (χ0v) is 18.5. The Kier molecular flexibility index (Phi) is 5.52. The second-order valence-electron chi connectivity index (χ2n) is 8.95. The number of nitrogens with zero attached hydrogens (tertiary/aromatic N) is 3. The second kappa shape index (κ2) is 8.19. The lowest BCUT2D eigenvalue weighted by atomic mass is 10.00. The van der Waals surface area contributed by atoms with Gasteiger partial charge in [-0.3, -0.25) is 9.59 Å². The number of hydrogen-bond donors (Lipinski definition) is 2. The molecule has 0 radical (unpaired) electrons. The number of carbonyl (C=O) groups is 3. The van der Waals surface area contributed by atoms with Gasteiger partial charge >= 0.3 is 6.09 Å². The highest BCUT2D eigenvalue weighted by Gasteiger charge is 2.37. The molecule has 1 saturated heterocycles. The molecule has 4 rings (SSSR count). The highest BCUT2D eigenvalue weighted by Crippen LogP contribution is 2.24. The van der Waals surface area contributed by atoms with Crippen LogP contribution in [0.3, 0.4) is 0 Å². The fourth-order valence-electron chi connectivity index (χ4n) is 3.48. The lowest BCUT2D eigenvalue weighted by Gasteiger charge is -2.38. The number of benzene rings is 2. The highest BCUT2D eigenvalue weighted by atomic mass is 19.1. The van der Waals surface area contributed by atoms with E-state index in [2.05, 4.69) is 10.4 Å². The van der Waals surface area contributed by atoms with E-state index in [1.165, 1.54) is 15.6 Å². The highest BCUT2D eigenvalue weighted by molar-refractivity contribution is 6.04. The number of likely N-dealkylation sites (tertiary alicyclic amines) is 1. The number of aromatic nitrogens is 2. The summed E-state index contributed by atoms with van der Waals surface area (Å²) in [6, 6.07) is 9.22. The summed E-state index contributed by atoms with van der Waals surface area (Å²) < 4.78 is 20.6. The summed E-state index contributed by atoms with van der Waals surface area (Å²) in [7, 11) is 0. The van der Waals surface area contributed by atoms with Crippen LogP contribution in [0.5, 0.6) is 0 Å². The second-order valence-corrected chi connectivity index (χ2v) is 8.95. The first-order valence-electron chi connectivity index (χ1n) is 10.4. The van der Waals surface area contributed by atoms with Crippen molar-refractivity contribution in [2.75, 3.05) is 18.4 Å². The molecule has 2 heterocycles. The lowest BCUT2D eigenvalue weighted by Crippen LogP contribution is -2.55. The molecule has 33 heavy (non-hydrogen) atoms. The van der Waals surface area contributed by atoms with E-state index in [9.17, 15) is 18.8 Å².